The Hall–Kier alpha value is -3.77. The third kappa shape index (κ3) is 3.78. The normalized spacial score (nSPS) is 27.3. The molecule has 7 rings (SSSR count). The molecule has 1 saturated heterocycles. The van der Waals surface area contributed by atoms with Gasteiger partial charge in [0.2, 0.25) is 5.91 Å². The van der Waals surface area contributed by atoms with E-state index >= 15 is 0 Å². The van der Waals surface area contributed by atoms with Crippen molar-refractivity contribution in [2.24, 2.45) is 11.8 Å². The van der Waals surface area contributed by atoms with Crippen LogP contribution in [0, 0.1) is 23.2 Å². The maximum absolute atomic E-state index is 12.8. The van der Waals surface area contributed by atoms with Gasteiger partial charge in [-0.2, -0.15) is 5.26 Å². The molecule has 4 aliphatic rings. The minimum atomic E-state index is -0.251. The van der Waals surface area contributed by atoms with E-state index in [9.17, 15) is 14.9 Å². The zero-order chi connectivity index (χ0) is 25.3. The van der Waals surface area contributed by atoms with Crippen molar-refractivity contribution in [2.45, 2.75) is 50.1 Å². The van der Waals surface area contributed by atoms with Gasteiger partial charge in [-0.15, -0.1) is 5.10 Å². The van der Waals surface area contributed by atoms with Crippen LogP contribution in [0.2, 0.25) is 5.02 Å². The van der Waals surface area contributed by atoms with Crippen LogP contribution >= 0.6 is 11.6 Å². The Balaban J connectivity index is 0.998. The quantitative estimate of drug-likeness (QED) is 0.559. The van der Waals surface area contributed by atoms with E-state index in [4.69, 9.17) is 11.6 Å². The summed E-state index contributed by atoms with van der Waals surface area (Å²) in [6.45, 7) is 0.778. The van der Waals surface area contributed by atoms with Crippen molar-refractivity contribution in [1.29, 1.82) is 5.26 Å². The molecule has 2 saturated carbocycles. The fourth-order valence-corrected chi connectivity index (χ4v) is 6.30. The number of carbonyl (C=O) groups excluding carboxylic acids is 2. The number of aromatic nitrogens is 4. The Bertz CT molecular complexity index is 1490. The SMILES string of the molecule is N#Cc1ccc(Cl)cc1[C@H]1C[C@@H](NC(=O)c2cn([C@H]3CCc4cc(N5C[C@H]6C[C@H]6C5=O)ncc43)nn2)C1. The first-order chi connectivity index (χ1) is 18.0. The van der Waals surface area contributed by atoms with E-state index in [-0.39, 0.29) is 41.4 Å². The Kier molecular flexibility index (Phi) is 5.08. The summed E-state index contributed by atoms with van der Waals surface area (Å²) >= 11 is 6.12. The highest BCUT2D eigenvalue weighted by Crippen LogP contribution is 2.47. The summed E-state index contributed by atoms with van der Waals surface area (Å²) in [5.74, 6) is 1.61. The number of fused-ring (bicyclic) bond motifs is 2. The number of anilines is 1. The Morgan fingerprint density at radius 1 is 1.19 bits per heavy atom. The second-order valence-corrected chi connectivity index (χ2v) is 11.0. The Labute approximate surface area is 218 Å². The maximum Gasteiger partial charge on any atom is 0.273 e. The highest BCUT2D eigenvalue weighted by atomic mass is 35.5. The minimum absolute atomic E-state index is 0.0161. The average Bonchev–Trinajstić information content (AvgIpc) is 3.18. The predicted octanol–water partition coefficient (Wildman–Crippen LogP) is 3.39. The molecule has 186 valence electrons. The molecular formula is C27H24ClN7O2. The summed E-state index contributed by atoms with van der Waals surface area (Å²) in [5.41, 5.74) is 4.08. The van der Waals surface area contributed by atoms with Crippen molar-refractivity contribution < 1.29 is 9.59 Å². The smallest absolute Gasteiger partial charge is 0.273 e. The molecule has 1 aromatic carbocycles. The number of amides is 2. The average molecular weight is 514 g/mol. The van der Waals surface area contributed by atoms with E-state index in [0.29, 0.717) is 16.5 Å². The van der Waals surface area contributed by atoms with Gasteiger partial charge < -0.3 is 5.32 Å². The summed E-state index contributed by atoms with van der Waals surface area (Å²) < 4.78 is 1.74. The van der Waals surface area contributed by atoms with Gasteiger partial charge in [0.25, 0.3) is 5.91 Å². The molecule has 3 heterocycles. The Morgan fingerprint density at radius 3 is 2.84 bits per heavy atom. The number of hydrogen-bond donors (Lipinski definition) is 1. The van der Waals surface area contributed by atoms with Crippen molar-refractivity contribution >= 4 is 29.2 Å². The molecule has 0 unspecified atom stereocenters. The summed E-state index contributed by atoms with van der Waals surface area (Å²) in [6, 6.07) is 9.55. The number of pyridine rings is 1. The van der Waals surface area contributed by atoms with Gasteiger partial charge in [0.1, 0.15) is 5.82 Å². The predicted molar refractivity (Wildman–Crippen MR) is 134 cm³/mol. The van der Waals surface area contributed by atoms with Gasteiger partial charge in [-0.3, -0.25) is 14.5 Å². The van der Waals surface area contributed by atoms with Crippen LogP contribution < -0.4 is 10.2 Å². The van der Waals surface area contributed by atoms with E-state index in [2.05, 4.69) is 26.7 Å². The van der Waals surface area contributed by atoms with Crippen LogP contribution in [0.3, 0.4) is 0 Å². The zero-order valence-electron chi connectivity index (χ0n) is 20.0. The molecule has 3 aliphatic carbocycles. The van der Waals surface area contributed by atoms with Crippen LogP contribution in [0.25, 0.3) is 0 Å². The number of benzene rings is 1. The summed E-state index contributed by atoms with van der Waals surface area (Å²) in [6.07, 6.45) is 7.77. The lowest BCUT2D eigenvalue weighted by Gasteiger charge is -2.36. The van der Waals surface area contributed by atoms with Crippen molar-refractivity contribution in [3.63, 3.8) is 0 Å². The third-order valence-corrected chi connectivity index (χ3v) is 8.60. The topological polar surface area (TPSA) is 117 Å². The lowest BCUT2D eigenvalue weighted by molar-refractivity contribution is -0.118. The summed E-state index contributed by atoms with van der Waals surface area (Å²) in [4.78, 5) is 31.7. The van der Waals surface area contributed by atoms with E-state index in [0.717, 1.165) is 55.6 Å². The van der Waals surface area contributed by atoms with Crippen LogP contribution in [0.5, 0.6) is 0 Å². The zero-order valence-corrected chi connectivity index (χ0v) is 20.7. The summed E-state index contributed by atoms with van der Waals surface area (Å²) in [5, 5.41) is 21.4. The minimum Gasteiger partial charge on any atom is -0.348 e. The van der Waals surface area contributed by atoms with Crippen molar-refractivity contribution in [3.05, 3.63) is 69.6 Å². The maximum atomic E-state index is 12.8. The molecule has 1 N–H and O–H groups in total. The van der Waals surface area contributed by atoms with Crippen LogP contribution in [0.4, 0.5) is 5.82 Å². The highest BCUT2D eigenvalue weighted by molar-refractivity contribution is 6.30. The standard InChI is InChI=1S/C27H24ClN7O2/c28-18-3-1-15(10-29)20(9-18)16-5-19(6-16)31-26(36)23-13-35(33-32-23)24-4-2-14-8-25(30-11-22(14)24)34-12-17-7-21(17)27(34)37/h1,3,8-9,11,13,16-17,19,21,24H,2,4-7,12H2,(H,31,36)/t16-,17-,19+,21-,24+/m1/s1. The first-order valence-corrected chi connectivity index (χ1v) is 13.1. The van der Waals surface area contributed by atoms with Gasteiger partial charge in [-0.1, -0.05) is 16.8 Å². The van der Waals surface area contributed by atoms with Crippen LogP contribution in [0.1, 0.15) is 70.4 Å². The molecule has 2 aromatic heterocycles. The molecule has 37 heavy (non-hydrogen) atoms. The van der Waals surface area contributed by atoms with Gasteiger partial charge in [0.15, 0.2) is 5.69 Å². The van der Waals surface area contributed by atoms with Gasteiger partial charge >= 0.3 is 0 Å². The van der Waals surface area contributed by atoms with E-state index < -0.39 is 0 Å². The Morgan fingerprint density at radius 2 is 2.05 bits per heavy atom. The molecule has 10 heteroatoms. The molecule has 0 spiro atoms. The molecule has 0 bridgehead atoms. The molecule has 3 fully saturated rings. The first-order valence-electron chi connectivity index (χ1n) is 12.7. The van der Waals surface area contributed by atoms with Crippen LogP contribution in [0.15, 0.2) is 36.7 Å². The number of carbonyl (C=O) groups is 2. The number of nitriles is 1. The van der Waals surface area contributed by atoms with E-state index in [1.165, 1.54) is 5.56 Å². The lowest BCUT2D eigenvalue weighted by Crippen LogP contribution is -2.43. The van der Waals surface area contributed by atoms with Crippen molar-refractivity contribution in [2.75, 3.05) is 11.4 Å². The number of aryl methyl sites for hydroxylation is 1. The second-order valence-electron chi connectivity index (χ2n) is 10.6. The largest absolute Gasteiger partial charge is 0.348 e. The van der Waals surface area contributed by atoms with Crippen LogP contribution in [-0.2, 0) is 11.2 Å². The van der Waals surface area contributed by atoms with Gasteiger partial charge in [0, 0.05) is 29.7 Å². The van der Waals surface area contributed by atoms with E-state index in [1.807, 2.05) is 23.2 Å². The number of piperidine rings is 1. The third-order valence-electron chi connectivity index (χ3n) is 8.37. The highest BCUT2D eigenvalue weighted by Gasteiger charge is 2.53. The van der Waals surface area contributed by atoms with Gasteiger partial charge in [-0.05, 0) is 84.9 Å². The second kappa shape index (κ2) is 8.38. The number of hydrogen-bond acceptors (Lipinski definition) is 6. The lowest BCUT2D eigenvalue weighted by atomic mass is 9.74. The molecule has 9 nitrogen and oxygen atoms in total. The molecular weight excluding hydrogens is 490 g/mol. The fraction of sp³-hybridized carbons (Fsp3) is 0.407. The van der Waals surface area contributed by atoms with Crippen molar-refractivity contribution in [1.82, 2.24) is 25.3 Å². The van der Waals surface area contributed by atoms with Crippen molar-refractivity contribution in [3.8, 4) is 6.07 Å². The fourth-order valence-electron chi connectivity index (χ4n) is 6.12. The van der Waals surface area contributed by atoms with Gasteiger partial charge in [-0.25, -0.2) is 9.67 Å². The molecule has 2 amide bonds. The molecule has 3 aromatic rings. The van der Waals surface area contributed by atoms with E-state index in [1.54, 1.807) is 23.0 Å². The summed E-state index contributed by atoms with van der Waals surface area (Å²) in [7, 11) is 0. The monoisotopic (exact) mass is 513 g/mol. The number of nitrogens with zero attached hydrogens (tertiary/aromatic N) is 6. The number of nitrogens with one attached hydrogen (secondary N) is 1. The molecule has 1 aliphatic heterocycles. The molecule has 0 radical (unpaired) electrons. The first kappa shape index (κ1) is 22.4. The van der Waals surface area contributed by atoms with Crippen LogP contribution in [-0.4, -0.2) is 44.4 Å². The number of halogens is 1. The number of rotatable bonds is 5. The van der Waals surface area contributed by atoms with Gasteiger partial charge in [0.05, 0.1) is 23.9 Å². The molecule has 3 atom stereocenters.